The van der Waals surface area contributed by atoms with Crippen molar-refractivity contribution in [3.05, 3.63) is 111 Å². The first kappa shape index (κ1) is 44.4. The number of hydrogen-bond donors (Lipinski definition) is 5. The number of phosphoric ester groups is 1. The first-order valence-electron chi connectivity index (χ1n) is 17.4. The average Bonchev–Trinajstić information content (AvgIpc) is 3.21. The number of carboxylic acid groups (broad SMARTS) is 1. The number of carbonyl (C=O) groups excluding carboxylic acids is 3. The van der Waals surface area contributed by atoms with Crippen LogP contribution in [0.2, 0.25) is 0 Å². The minimum atomic E-state index is -4.82. The van der Waals surface area contributed by atoms with Gasteiger partial charge in [0.15, 0.2) is 16.9 Å². The fourth-order valence-electron chi connectivity index (χ4n) is 5.22. The molecule has 5 aromatic rings. The monoisotopic (exact) mass is 861 g/mol. The summed E-state index contributed by atoms with van der Waals surface area (Å²) < 4.78 is 72.9. The molecule has 0 spiro atoms. The van der Waals surface area contributed by atoms with Crippen LogP contribution in [0, 0.1) is 25.1 Å². The molecule has 0 radical (unpaired) electrons. The number of rotatable bonds is 18. The fourth-order valence-corrected chi connectivity index (χ4v) is 5.93. The zero-order valence-electron chi connectivity index (χ0n) is 31.4. The molecule has 0 saturated heterocycles. The second kappa shape index (κ2) is 19.3. The van der Waals surface area contributed by atoms with Gasteiger partial charge in [0.2, 0.25) is 5.95 Å². The molecule has 314 valence electrons. The Morgan fingerprint density at radius 2 is 1.67 bits per heavy atom. The molecule has 0 fully saturated rings. The molecule has 18 nitrogen and oxygen atoms in total. The number of alkyl halides is 3. The van der Waals surface area contributed by atoms with Gasteiger partial charge in [-0.3, -0.25) is 23.7 Å². The number of Topliss-reactive ketones (excluding diaryl/α,β-unsaturated/α-hetero) is 1. The topological polar surface area (TPSA) is 250 Å². The Hall–Kier alpha value is -7.74. The van der Waals surface area contributed by atoms with Gasteiger partial charge in [0.1, 0.15) is 18.0 Å². The highest BCUT2D eigenvalue weighted by Gasteiger charge is 2.32. The van der Waals surface area contributed by atoms with Crippen LogP contribution in [-0.2, 0) is 47.1 Å². The van der Waals surface area contributed by atoms with Gasteiger partial charge in [-0.2, -0.15) is 18.2 Å². The Morgan fingerprint density at radius 1 is 0.984 bits per heavy atom. The van der Waals surface area contributed by atoms with E-state index in [-0.39, 0.29) is 71.5 Å². The van der Waals surface area contributed by atoms with Crippen molar-refractivity contribution in [3.8, 4) is 30.8 Å². The minimum Gasteiger partial charge on any atom is -0.481 e. The van der Waals surface area contributed by atoms with Gasteiger partial charge in [-0.15, -0.1) is 0 Å². The summed E-state index contributed by atoms with van der Waals surface area (Å²) in [5.74, 6) is -3.58. The highest BCUT2D eigenvalue weighted by molar-refractivity contribution is 7.48. The molecule has 1 atom stereocenters. The summed E-state index contributed by atoms with van der Waals surface area (Å²) in [6.45, 7) is 0.942. The molecule has 0 aliphatic heterocycles. The summed E-state index contributed by atoms with van der Waals surface area (Å²) in [4.78, 5) is 76.7. The van der Waals surface area contributed by atoms with Gasteiger partial charge in [0, 0.05) is 17.7 Å². The summed E-state index contributed by atoms with van der Waals surface area (Å²) in [7, 11) is -4.26. The van der Waals surface area contributed by atoms with Crippen molar-refractivity contribution in [1.29, 1.82) is 0 Å². The molecule has 1 amide bonds. The minimum absolute atomic E-state index is 0.0460. The van der Waals surface area contributed by atoms with Crippen LogP contribution in [-0.4, -0.2) is 54.7 Å². The number of aromatic amines is 1. The fraction of sp³-hybridized carbons (Fsp3) is 0.179. The van der Waals surface area contributed by atoms with Crippen LogP contribution >= 0.6 is 7.82 Å². The van der Waals surface area contributed by atoms with Gasteiger partial charge in [-0.1, -0.05) is 25.0 Å². The zero-order valence-corrected chi connectivity index (χ0v) is 32.3. The number of carbonyl (C=O) groups is 4. The van der Waals surface area contributed by atoms with E-state index in [0.29, 0.717) is 23.4 Å². The van der Waals surface area contributed by atoms with Crippen molar-refractivity contribution >= 4 is 59.9 Å². The van der Waals surface area contributed by atoms with Gasteiger partial charge in [-0.25, -0.2) is 19.3 Å². The lowest BCUT2D eigenvalue weighted by atomic mass is 10.1. The van der Waals surface area contributed by atoms with Gasteiger partial charge in [-0.05, 0) is 73.5 Å². The number of nitrogens with one attached hydrogen (secondary N) is 4. The molecule has 22 heteroatoms. The Kier molecular flexibility index (Phi) is 14.1. The van der Waals surface area contributed by atoms with Crippen molar-refractivity contribution in [2.24, 2.45) is 0 Å². The number of anilines is 3. The predicted molar refractivity (Wildman–Crippen MR) is 209 cm³/mol. The lowest BCUT2D eigenvalue weighted by Crippen LogP contribution is -2.40. The maximum atomic E-state index is 13.7. The molecular formula is C39H31F3N7O11P. The number of ether oxygens (including phenoxy) is 1. The van der Waals surface area contributed by atoms with Crippen LogP contribution in [0.1, 0.15) is 57.3 Å². The van der Waals surface area contributed by atoms with E-state index in [1.54, 1.807) is 24.3 Å². The van der Waals surface area contributed by atoms with Crippen LogP contribution in [0.25, 0.3) is 11.2 Å². The van der Waals surface area contributed by atoms with Crippen LogP contribution in [0.4, 0.5) is 30.5 Å². The number of benzene rings is 3. The van der Waals surface area contributed by atoms with Gasteiger partial charge < -0.3 is 39.8 Å². The summed E-state index contributed by atoms with van der Waals surface area (Å²) in [6.07, 6.45) is 9.39. The first-order valence-corrected chi connectivity index (χ1v) is 18.9. The molecule has 0 aliphatic rings. The number of amides is 1. The van der Waals surface area contributed by atoms with Crippen LogP contribution in [0.3, 0.4) is 0 Å². The average molecular weight is 862 g/mol. The largest absolute Gasteiger partial charge is 0.605 e. The highest BCUT2D eigenvalue weighted by Crippen LogP contribution is 2.49. The molecule has 61 heavy (non-hydrogen) atoms. The van der Waals surface area contributed by atoms with Crippen molar-refractivity contribution in [3.63, 3.8) is 0 Å². The highest BCUT2D eigenvalue weighted by atomic mass is 31.2. The summed E-state index contributed by atoms with van der Waals surface area (Å²) >= 11 is 0. The number of aliphatic carboxylic acids is 1. The summed E-state index contributed by atoms with van der Waals surface area (Å²) in [5, 5.41) is 17.0. The van der Waals surface area contributed by atoms with Gasteiger partial charge >= 0.3 is 31.5 Å². The number of nitrogens with zero attached hydrogens (tertiary/aromatic N) is 3. The van der Waals surface area contributed by atoms with E-state index < -0.39 is 54.7 Å². The molecule has 0 saturated carbocycles. The lowest BCUT2D eigenvalue weighted by molar-refractivity contribution is -0.138. The summed E-state index contributed by atoms with van der Waals surface area (Å²) in [6, 6.07) is 12.7. The third kappa shape index (κ3) is 12.1. The van der Waals surface area contributed by atoms with E-state index in [4.69, 9.17) is 27.2 Å². The third-order valence-corrected chi connectivity index (χ3v) is 9.31. The molecule has 0 unspecified atom stereocenters. The number of hydrogen-bond acceptors (Lipinski definition) is 15. The number of terminal acetylenes is 2. The maximum absolute atomic E-state index is 13.7. The molecule has 2 heterocycles. The molecular weight excluding hydrogens is 830 g/mol. The van der Waals surface area contributed by atoms with Crippen LogP contribution in [0.15, 0.2) is 77.7 Å². The summed E-state index contributed by atoms with van der Waals surface area (Å²) in [5.41, 5.74) is -1.76. The Morgan fingerprint density at radius 3 is 2.30 bits per heavy atom. The molecule has 5 N–H and O–H groups in total. The number of aromatic nitrogens is 4. The third-order valence-electron chi connectivity index (χ3n) is 8.21. The molecule has 5 rings (SSSR count). The van der Waals surface area contributed by atoms with Crippen molar-refractivity contribution in [2.75, 3.05) is 10.6 Å². The normalized spacial score (nSPS) is 11.6. The van der Waals surface area contributed by atoms with E-state index >= 15 is 0 Å². The van der Waals surface area contributed by atoms with Crippen molar-refractivity contribution in [1.82, 2.24) is 25.3 Å². The number of esters is 1. The Bertz CT molecular complexity index is 2640. The molecule has 0 bridgehead atoms. The zero-order chi connectivity index (χ0) is 44.3. The Balaban J connectivity index is 1.27. The number of fused-ring (bicyclic) bond motifs is 1. The number of halogens is 3. The Labute approximate surface area is 342 Å². The van der Waals surface area contributed by atoms with E-state index in [0.717, 1.165) is 6.07 Å². The quantitative estimate of drug-likeness (QED) is 0.0307. The second-order valence-corrected chi connectivity index (χ2v) is 14.0. The number of carboxylic acids is 1. The van der Waals surface area contributed by atoms with Crippen LogP contribution < -0.4 is 26.2 Å². The van der Waals surface area contributed by atoms with E-state index in [2.05, 4.69) is 44.9 Å². The lowest BCUT2D eigenvalue weighted by Gasteiger charge is -2.15. The van der Waals surface area contributed by atoms with E-state index in [1.165, 1.54) is 49.5 Å². The van der Waals surface area contributed by atoms with E-state index in [9.17, 15) is 41.7 Å². The standard InChI is InChI=1S/C39H31F3N7O11P/c1-4-57-61(56,58-5-2)59-21-23-6-13-28(14-7-23)60-37(55)29-15-10-25(39(40,41)42)18-31(29)47-38-48-34-33(36(54)49-38)45-27(20-44-34)19-43-26-11-8-24(9-12-26)35(53)46-30(22(3)50)16-17-32(51)52/h1-2,6-15,18,20,30,43H,16-17,19,21H2,3H3,(H,46,53)(H,51,52)(H2,44,47,48,49,54)/t30-/m0/s1. The predicted octanol–water partition coefficient (Wildman–Crippen LogP) is 5.70. The van der Waals surface area contributed by atoms with Crippen molar-refractivity contribution in [2.45, 2.75) is 45.1 Å². The molecule has 3 aromatic carbocycles. The molecule has 0 aliphatic carbocycles. The second-order valence-electron chi connectivity index (χ2n) is 12.5. The number of H-pyrrole nitrogens is 1. The number of ketones is 1. The van der Waals surface area contributed by atoms with E-state index in [1.807, 2.05) is 0 Å². The van der Waals surface area contributed by atoms with Gasteiger partial charge in [0.25, 0.3) is 5.91 Å². The smallest absolute Gasteiger partial charge is 0.481 e. The SMILES string of the molecule is C#COP(=O)(OC#C)OCc1ccc(OC(=O)c2ccc(C(F)(F)F)cc2Nc2nc(=O)c3nc(CNc4ccc(C(=O)N[C@@H](CCC(=O)O)C(C)=O)cc4)cnc3[nH]2)cc1. The maximum Gasteiger partial charge on any atom is 0.605 e. The number of phosphoric acid groups is 1. The van der Waals surface area contributed by atoms with Gasteiger partial charge in [0.05, 0.1) is 47.9 Å². The molecule has 2 aromatic heterocycles. The first-order chi connectivity index (χ1) is 29.0. The van der Waals surface area contributed by atoms with Crippen molar-refractivity contribution < 1.29 is 60.3 Å². The van der Waals surface area contributed by atoms with Crippen LogP contribution in [0.5, 0.6) is 5.75 Å².